The molecule has 1 fully saturated rings. The number of nitrogens with zero attached hydrogens (tertiary/aromatic N) is 3. The van der Waals surface area contributed by atoms with Crippen molar-refractivity contribution in [3.63, 3.8) is 0 Å². The predicted octanol–water partition coefficient (Wildman–Crippen LogP) is 5.73. The van der Waals surface area contributed by atoms with E-state index >= 15 is 0 Å². The molecule has 0 unspecified atom stereocenters. The van der Waals surface area contributed by atoms with Gasteiger partial charge >= 0.3 is 0 Å². The van der Waals surface area contributed by atoms with Crippen molar-refractivity contribution in [2.45, 2.75) is 44.6 Å². The fraction of sp³-hybridized carbons (Fsp3) is 0.310. The monoisotopic (exact) mass is 534 g/mol. The minimum Gasteiger partial charge on any atom is -0.493 e. The number of pyridine rings is 1. The molecule has 3 aromatic rings. The summed E-state index contributed by atoms with van der Waals surface area (Å²) < 4.78 is 11.8. The van der Waals surface area contributed by atoms with Gasteiger partial charge in [-0.25, -0.2) is 5.01 Å². The Balaban J connectivity index is 0.00000336. The topological polar surface area (TPSA) is 93.1 Å². The zero-order chi connectivity index (χ0) is 25.6. The van der Waals surface area contributed by atoms with Crippen LogP contribution in [-0.2, 0) is 0 Å². The average Bonchev–Trinajstić information content (AvgIpc) is 3.47. The van der Waals surface area contributed by atoms with Crippen LogP contribution in [0.1, 0.15) is 64.8 Å². The maximum atomic E-state index is 13.2. The van der Waals surface area contributed by atoms with Crippen LogP contribution in [0.3, 0.4) is 0 Å². The lowest BCUT2D eigenvalue weighted by Gasteiger charge is -2.24. The van der Waals surface area contributed by atoms with Crippen LogP contribution in [0.25, 0.3) is 0 Å². The maximum Gasteiger partial charge on any atom is 0.273 e. The minimum absolute atomic E-state index is 0. The summed E-state index contributed by atoms with van der Waals surface area (Å²) in [5.41, 5.74) is 3.40. The minimum atomic E-state index is -0.234. The summed E-state index contributed by atoms with van der Waals surface area (Å²) in [5.74, 6) is 1.02. The largest absolute Gasteiger partial charge is 0.493 e. The molecule has 5 rings (SSSR count). The van der Waals surface area contributed by atoms with Gasteiger partial charge in [-0.1, -0.05) is 0 Å². The van der Waals surface area contributed by atoms with Crippen LogP contribution < -0.4 is 14.8 Å². The number of hydrogen-bond acceptors (Lipinski definition) is 6. The summed E-state index contributed by atoms with van der Waals surface area (Å²) >= 11 is 0. The molecule has 1 aliphatic carbocycles. The van der Waals surface area contributed by atoms with Crippen molar-refractivity contribution in [1.29, 1.82) is 0 Å². The first-order valence-corrected chi connectivity index (χ1v) is 12.7. The van der Waals surface area contributed by atoms with Crippen LogP contribution in [0, 0.1) is 0 Å². The molecular weight excluding hydrogens is 504 g/mol. The Hall–Kier alpha value is -3.91. The van der Waals surface area contributed by atoms with Gasteiger partial charge in [0.2, 0.25) is 0 Å². The Morgan fingerprint density at radius 2 is 1.66 bits per heavy atom. The molecule has 0 saturated heterocycles. The molecule has 9 heteroatoms. The van der Waals surface area contributed by atoms with E-state index in [9.17, 15) is 9.59 Å². The number of benzene rings is 2. The molecule has 0 spiro atoms. The first kappa shape index (κ1) is 27.1. The molecule has 1 N–H and O–H groups in total. The van der Waals surface area contributed by atoms with Crippen LogP contribution in [0.4, 0.5) is 5.69 Å². The van der Waals surface area contributed by atoms with Gasteiger partial charge in [-0.15, -0.1) is 12.4 Å². The fourth-order valence-corrected chi connectivity index (χ4v) is 4.68. The SMILES string of the molecule is COc1ccc(C2=NN(C(=O)c3ccc(NC(=O)c4ccncc4)cc3)CCC2)cc1OC1CCCC1.Cl. The summed E-state index contributed by atoms with van der Waals surface area (Å²) in [6.45, 7) is 0.546. The molecule has 2 aliphatic rings. The lowest BCUT2D eigenvalue weighted by atomic mass is 10.0. The van der Waals surface area contributed by atoms with Crippen LogP contribution in [-0.4, -0.2) is 47.3 Å². The highest BCUT2D eigenvalue weighted by Crippen LogP contribution is 2.33. The number of hydrazone groups is 1. The smallest absolute Gasteiger partial charge is 0.273 e. The lowest BCUT2D eigenvalue weighted by molar-refractivity contribution is 0.0751. The van der Waals surface area contributed by atoms with E-state index in [0.717, 1.165) is 42.7 Å². The third-order valence-corrected chi connectivity index (χ3v) is 6.68. The van der Waals surface area contributed by atoms with Crippen LogP contribution in [0.5, 0.6) is 11.5 Å². The van der Waals surface area contributed by atoms with Crippen LogP contribution in [0.2, 0.25) is 0 Å². The number of amides is 2. The molecule has 1 aliphatic heterocycles. The van der Waals surface area contributed by atoms with E-state index in [0.29, 0.717) is 29.1 Å². The third-order valence-electron chi connectivity index (χ3n) is 6.68. The van der Waals surface area contributed by atoms with Crippen molar-refractivity contribution in [2.24, 2.45) is 5.10 Å². The second kappa shape index (κ2) is 12.6. The summed E-state index contributed by atoms with van der Waals surface area (Å²) in [6.07, 6.45) is 9.44. The van der Waals surface area contributed by atoms with Crippen LogP contribution in [0.15, 0.2) is 72.1 Å². The van der Waals surface area contributed by atoms with Crippen molar-refractivity contribution in [2.75, 3.05) is 19.0 Å². The average molecular weight is 535 g/mol. The molecule has 0 atom stereocenters. The van der Waals surface area contributed by atoms with Gasteiger partial charge in [0, 0.05) is 41.3 Å². The molecule has 1 aromatic heterocycles. The number of aromatic nitrogens is 1. The summed E-state index contributed by atoms with van der Waals surface area (Å²) in [4.78, 5) is 29.5. The maximum absolute atomic E-state index is 13.2. The van der Waals surface area contributed by atoms with E-state index in [4.69, 9.17) is 14.6 Å². The molecule has 1 saturated carbocycles. The molecule has 198 valence electrons. The first-order chi connectivity index (χ1) is 18.1. The molecule has 2 aromatic carbocycles. The Kier molecular flexibility index (Phi) is 8.97. The van der Waals surface area contributed by atoms with Crippen molar-refractivity contribution >= 4 is 35.6 Å². The van der Waals surface area contributed by atoms with Gasteiger partial charge in [-0.3, -0.25) is 14.6 Å². The molecule has 8 nitrogen and oxygen atoms in total. The normalized spacial score (nSPS) is 15.3. The van der Waals surface area contributed by atoms with Gasteiger partial charge in [0.15, 0.2) is 11.5 Å². The number of rotatable bonds is 7. The van der Waals surface area contributed by atoms with E-state index in [1.54, 1.807) is 55.9 Å². The highest BCUT2D eigenvalue weighted by molar-refractivity contribution is 6.05. The molecule has 2 heterocycles. The number of nitrogens with one attached hydrogen (secondary N) is 1. The fourth-order valence-electron chi connectivity index (χ4n) is 4.68. The molecule has 38 heavy (non-hydrogen) atoms. The van der Waals surface area contributed by atoms with Crippen LogP contribution >= 0.6 is 12.4 Å². The van der Waals surface area contributed by atoms with Gasteiger partial charge in [0.25, 0.3) is 11.8 Å². The van der Waals surface area contributed by atoms with Gasteiger partial charge in [-0.05, 0) is 93.1 Å². The highest BCUT2D eigenvalue weighted by atomic mass is 35.5. The Labute approximate surface area is 228 Å². The van der Waals surface area contributed by atoms with E-state index in [1.807, 2.05) is 18.2 Å². The van der Waals surface area contributed by atoms with Gasteiger partial charge < -0.3 is 14.8 Å². The number of methoxy groups -OCH3 is 1. The van der Waals surface area contributed by atoms with E-state index in [-0.39, 0.29) is 30.3 Å². The Bertz CT molecular complexity index is 1290. The van der Waals surface area contributed by atoms with Crippen molar-refractivity contribution < 1.29 is 19.1 Å². The number of carbonyl (C=O) groups is 2. The zero-order valence-electron chi connectivity index (χ0n) is 21.3. The first-order valence-electron chi connectivity index (χ1n) is 12.7. The summed E-state index contributed by atoms with van der Waals surface area (Å²) in [5, 5.41) is 9.05. The van der Waals surface area contributed by atoms with Gasteiger partial charge in [-0.2, -0.15) is 5.10 Å². The second-order valence-electron chi connectivity index (χ2n) is 9.24. The number of anilines is 1. The third kappa shape index (κ3) is 6.31. The summed E-state index contributed by atoms with van der Waals surface area (Å²) in [6, 6.07) is 16.0. The van der Waals surface area contributed by atoms with E-state index in [2.05, 4.69) is 10.3 Å². The number of halogens is 1. The quantitative estimate of drug-likeness (QED) is 0.418. The Morgan fingerprint density at radius 3 is 2.37 bits per heavy atom. The zero-order valence-corrected chi connectivity index (χ0v) is 22.1. The predicted molar refractivity (Wildman–Crippen MR) is 149 cm³/mol. The number of ether oxygens (including phenoxy) is 2. The summed E-state index contributed by atoms with van der Waals surface area (Å²) in [7, 11) is 1.64. The molecular formula is C29H31ClN4O4. The molecule has 2 amide bonds. The molecule has 0 radical (unpaired) electrons. The van der Waals surface area contributed by atoms with Gasteiger partial charge in [0.1, 0.15) is 0 Å². The van der Waals surface area contributed by atoms with E-state index in [1.165, 1.54) is 17.9 Å². The Morgan fingerprint density at radius 1 is 0.921 bits per heavy atom. The number of carbonyl (C=O) groups excluding carboxylic acids is 2. The number of hydrogen-bond donors (Lipinski definition) is 1. The molecule has 0 bridgehead atoms. The van der Waals surface area contributed by atoms with E-state index < -0.39 is 0 Å². The van der Waals surface area contributed by atoms with Gasteiger partial charge in [0.05, 0.1) is 18.9 Å². The second-order valence-corrected chi connectivity index (χ2v) is 9.24. The van der Waals surface area contributed by atoms with Crippen molar-refractivity contribution in [3.05, 3.63) is 83.7 Å². The lowest BCUT2D eigenvalue weighted by Crippen LogP contribution is -2.32. The van der Waals surface area contributed by atoms with Crippen molar-refractivity contribution in [3.8, 4) is 11.5 Å². The van der Waals surface area contributed by atoms with Crippen molar-refractivity contribution in [1.82, 2.24) is 9.99 Å². The highest BCUT2D eigenvalue weighted by Gasteiger charge is 2.23. The standard InChI is InChI=1S/C29H30N4O4.ClH/c1-36-26-13-10-22(19-27(26)37-24-5-2-3-6-24)25-7-4-18-33(32-25)29(35)21-8-11-23(12-9-21)31-28(34)20-14-16-30-17-15-20;/h8-17,19,24H,2-7,18H2,1H3,(H,31,34);1H.